The molecule has 0 aliphatic carbocycles. The fraction of sp³-hybridized carbons (Fsp3) is 0.267. The van der Waals surface area contributed by atoms with Crippen molar-refractivity contribution in [2.24, 2.45) is 0 Å². The number of fused-ring (bicyclic) bond motifs is 1. The molecule has 0 atom stereocenters. The van der Waals surface area contributed by atoms with Crippen LogP contribution < -0.4 is 5.43 Å². The van der Waals surface area contributed by atoms with Crippen molar-refractivity contribution in [1.82, 2.24) is 9.58 Å². The average molecular weight is 273 g/mol. The van der Waals surface area contributed by atoms with E-state index in [1.54, 1.807) is 23.0 Å². The van der Waals surface area contributed by atoms with E-state index >= 15 is 0 Å². The molecule has 20 heavy (non-hydrogen) atoms. The molecule has 0 saturated carbocycles. The molecule has 3 rings (SSSR count). The lowest BCUT2D eigenvalue weighted by Crippen LogP contribution is -2.33. The number of likely N-dealkylation sites (N-methyl/N-ethyl adjacent to an activating group) is 1. The molecule has 5 heteroatoms. The van der Waals surface area contributed by atoms with Crippen LogP contribution in [0, 0.1) is 5.82 Å². The summed E-state index contributed by atoms with van der Waals surface area (Å²) >= 11 is 0. The first-order chi connectivity index (χ1) is 9.63. The molecule has 0 fully saturated rings. The van der Waals surface area contributed by atoms with E-state index in [2.05, 4.69) is 10.3 Å². The highest BCUT2D eigenvalue weighted by Crippen LogP contribution is 2.16. The highest BCUT2D eigenvalue weighted by Gasteiger charge is 2.16. The summed E-state index contributed by atoms with van der Waals surface area (Å²) in [4.78, 5) is 14.3. The summed E-state index contributed by atoms with van der Waals surface area (Å²) in [7, 11) is 1.99. The molecule has 0 bridgehead atoms. The normalized spacial score (nSPS) is 16.2. The van der Waals surface area contributed by atoms with Gasteiger partial charge >= 0.3 is 0 Å². The second-order valence-electron chi connectivity index (χ2n) is 5.09. The number of benzene rings is 1. The number of rotatable bonds is 2. The Hall–Kier alpha value is -2.14. The monoisotopic (exact) mass is 273 g/mol. The molecule has 1 aliphatic rings. The Morgan fingerprint density at radius 1 is 1.35 bits per heavy atom. The molecule has 0 radical (unpaired) electrons. The molecule has 0 saturated heterocycles. The first-order valence-corrected chi connectivity index (χ1v) is 6.59. The Labute approximate surface area is 116 Å². The second kappa shape index (κ2) is 5.09. The summed E-state index contributed by atoms with van der Waals surface area (Å²) in [5.41, 5.74) is 4.38. The Balaban J connectivity index is 1.82. The van der Waals surface area contributed by atoms with Crippen molar-refractivity contribution in [2.75, 3.05) is 25.6 Å². The number of amides is 1. The highest BCUT2D eigenvalue weighted by molar-refractivity contribution is 6.00. The summed E-state index contributed by atoms with van der Waals surface area (Å²) in [6.07, 6.45) is 4.59. The van der Waals surface area contributed by atoms with Gasteiger partial charge < -0.3 is 4.90 Å². The van der Waals surface area contributed by atoms with Crippen LogP contribution in [0.1, 0.15) is 6.42 Å². The van der Waals surface area contributed by atoms with Crippen molar-refractivity contribution in [1.29, 1.82) is 0 Å². The van der Waals surface area contributed by atoms with Gasteiger partial charge in [0.1, 0.15) is 5.82 Å². The third kappa shape index (κ3) is 2.44. The topological polar surface area (TPSA) is 37.3 Å². The van der Waals surface area contributed by atoms with Gasteiger partial charge in [0.2, 0.25) is 0 Å². The molecule has 1 amide bonds. The maximum Gasteiger partial charge on any atom is 0.267 e. The average Bonchev–Trinajstić information content (AvgIpc) is 2.81. The zero-order chi connectivity index (χ0) is 14.1. The van der Waals surface area contributed by atoms with Crippen molar-refractivity contribution < 1.29 is 9.18 Å². The summed E-state index contributed by atoms with van der Waals surface area (Å²) in [5.74, 6) is -0.392. The van der Waals surface area contributed by atoms with Crippen molar-refractivity contribution in [3.05, 3.63) is 47.9 Å². The molecule has 0 unspecified atom stereocenters. The van der Waals surface area contributed by atoms with Gasteiger partial charge in [0.15, 0.2) is 0 Å². The Morgan fingerprint density at radius 2 is 2.20 bits per heavy atom. The predicted octanol–water partition coefficient (Wildman–Crippen LogP) is 2.11. The molecule has 2 aromatic rings. The number of hydrogen-bond acceptors (Lipinski definition) is 2. The predicted molar refractivity (Wildman–Crippen MR) is 76.5 cm³/mol. The minimum Gasteiger partial charge on any atom is -0.302 e. The van der Waals surface area contributed by atoms with E-state index in [1.165, 1.54) is 12.1 Å². The minimum absolute atomic E-state index is 0.113. The van der Waals surface area contributed by atoms with Gasteiger partial charge in [-0.05, 0) is 37.7 Å². The Kier molecular flexibility index (Phi) is 3.28. The van der Waals surface area contributed by atoms with Gasteiger partial charge in [-0.2, -0.15) is 0 Å². The number of carbonyl (C=O) groups excluding carboxylic acids is 1. The van der Waals surface area contributed by atoms with Crippen molar-refractivity contribution in [2.45, 2.75) is 6.42 Å². The SMILES string of the molecule is CN1CCC=C(C(=O)Nn2ccc3cc(F)ccc32)C1. The minimum atomic E-state index is -0.279. The number of nitrogens with zero attached hydrogens (tertiary/aromatic N) is 2. The van der Waals surface area contributed by atoms with Crippen LogP contribution in [0.4, 0.5) is 4.39 Å². The standard InChI is InChI=1S/C15H16FN3O/c1-18-7-2-3-12(10-18)15(20)17-19-8-6-11-9-13(16)4-5-14(11)19/h3-6,8-9H,2,7,10H2,1H3,(H,17,20). The quantitative estimate of drug-likeness (QED) is 0.910. The molecule has 1 aromatic carbocycles. The van der Waals surface area contributed by atoms with Crippen LogP contribution in [-0.2, 0) is 4.79 Å². The van der Waals surface area contributed by atoms with Crippen molar-refractivity contribution >= 4 is 16.8 Å². The molecule has 1 N–H and O–H groups in total. The molecule has 2 heterocycles. The first-order valence-electron chi connectivity index (χ1n) is 6.59. The summed E-state index contributed by atoms with van der Waals surface area (Å²) in [5, 5.41) is 0.764. The van der Waals surface area contributed by atoms with Crippen LogP contribution in [0.3, 0.4) is 0 Å². The third-order valence-electron chi connectivity index (χ3n) is 3.51. The van der Waals surface area contributed by atoms with E-state index in [9.17, 15) is 9.18 Å². The lowest BCUT2D eigenvalue weighted by atomic mass is 10.1. The summed E-state index contributed by atoms with van der Waals surface area (Å²) in [6.45, 7) is 1.63. The zero-order valence-electron chi connectivity index (χ0n) is 11.3. The number of hydrogen-bond donors (Lipinski definition) is 1. The van der Waals surface area contributed by atoms with E-state index in [4.69, 9.17) is 0 Å². The van der Waals surface area contributed by atoms with Gasteiger partial charge in [-0.25, -0.2) is 4.39 Å². The van der Waals surface area contributed by atoms with Gasteiger partial charge in [-0.3, -0.25) is 14.9 Å². The largest absolute Gasteiger partial charge is 0.302 e. The fourth-order valence-electron chi connectivity index (χ4n) is 2.45. The molecule has 104 valence electrons. The van der Waals surface area contributed by atoms with Crippen LogP contribution in [0.5, 0.6) is 0 Å². The van der Waals surface area contributed by atoms with Gasteiger partial charge in [0.05, 0.1) is 5.52 Å². The van der Waals surface area contributed by atoms with Crippen LogP contribution in [-0.4, -0.2) is 35.6 Å². The lowest BCUT2D eigenvalue weighted by molar-refractivity contribution is -0.114. The van der Waals surface area contributed by atoms with E-state index < -0.39 is 0 Å². The molecular weight excluding hydrogens is 257 g/mol. The van der Waals surface area contributed by atoms with Gasteiger partial charge in [-0.15, -0.1) is 0 Å². The van der Waals surface area contributed by atoms with Crippen LogP contribution in [0.25, 0.3) is 10.9 Å². The summed E-state index contributed by atoms with van der Waals surface area (Å²) in [6, 6.07) is 6.27. The molecular formula is C15H16FN3O. The Bertz CT molecular complexity index is 689. The van der Waals surface area contributed by atoms with E-state index in [0.717, 1.165) is 29.4 Å². The van der Waals surface area contributed by atoms with Crippen LogP contribution >= 0.6 is 0 Å². The summed E-state index contributed by atoms with van der Waals surface area (Å²) < 4.78 is 14.8. The number of halogens is 1. The lowest BCUT2D eigenvalue weighted by Gasteiger charge is -2.22. The van der Waals surface area contributed by atoms with Gasteiger partial charge in [0.25, 0.3) is 5.91 Å². The van der Waals surface area contributed by atoms with Crippen LogP contribution in [0.2, 0.25) is 0 Å². The maximum atomic E-state index is 13.1. The van der Waals surface area contributed by atoms with Crippen LogP contribution in [0.15, 0.2) is 42.1 Å². The van der Waals surface area contributed by atoms with E-state index in [0.29, 0.717) is 6.54 Å². The number of aromatic nitrogens is 1. The van der Waals surface area contributed by atoms with E-state index in [-0.39, 0.29) is 11.7 Å². The number of carbonyl (C=O) groups is 1. The maximum absolute atomic E-state index is 13.1. The first kappa shape index (κ1) is 12.9. The smallest absolute Gasteiger partial charge is 0.267 e. The molecule has 0 spiro atoms. The zero-order valence-corrected chi connectivity index (χ0v) is 11.3. The highest BCUT2D eigenvalue weighted by atomic mass is 19.1. The van der Waals surface area contributed by atoms with Gasteiger partial charge in [0, 0.05) is 30.2 Å². The van der Waals surface area contributed by atoms with Gasteiger partial charge in [-0.1, -0.05) is 6.08 Å². The Morgan fingerprint density at radius 3 is 3.00 bits per heavy atom. The number of nitrogens with one attached hydrogen (secondary N) is 1. The second-order valence-corrected chi connectivity index (χ2v) is 5.09. The molecule has 1 aliphatic heterocycles. The molecule has 4 nitrogen and oxygen atoms in total. The fourth-order valence-corrected chi connectivity index (χ4v) is 2.45. The van der Waals surface area contributed by atoms with Crippen molar-refractivity contribution in [3.63, 3.8) is 0 Å². The third-order valence-corrected chi connectivity index (χ3v) is 3.51. The van der Waals surface area contributed by atoms with Crippen molar-refractivity contribution in [3.8, 4) is 0 Å². The molecule has 1 aromatic heterocycles. The van der Waals surface area contributed by atoms with E-state index in [1.807, 2.05) is 13.1 Å².